The molecule has 0 spiro atoms. The molecule has 5 heterocycles. The molecule has 2 fully saturated rings. The highest BCUT2D eigenvalue weighted by atomic mass is 32.2. The standard InChI is InChI=1S/C22H21N3O3S3/c26-19(6-7-24-21(28)18(31-22(24)29)10-16-3-2-8-30-16)23-11-14-9-15(13-23)17-4-1-5-20(27)25(17)12-14/h1-5,8,10,14-15H,6-7,9,11-13H2/b18-10+/t14-,15+/m0/s1. The van der Waals surface area contributed by atoms with Gasteiger partial charge in [0.25, 0.3) is 11.5 Å². The molecule has 2 aromatic heterocycles. The molecule has 160 valence electrons. The van der Waals surface area contributed by atoms with Gasteiger partial charge in [0, 0.05) is 55.2 Å². The summed E-state index contributed by atoms with van der Waals surface area (Å²) in [6.07, 6.45) is 3.12. The molecule has 0 N–H and O–H groups in total. The van der Waals surface area contributed by atoms with E-state index in [1.165, 1.54) is 16.7 Å². The number of rotatable bonds is 4. The first-order valence-corrected chi connectivity index (χ1v) is 12.4. The lowest BCUT2D eigenvalue weighted by atomic mass is 9.83. The number of hydrogen-bond acceptors (Lipinski definition) is 6. The summed E-state index contributed by atoms with van der Waals surface area (Å²) in [4.78, 5) is 43.0. The van der Waals surface area contributed by atoms with Gasteiger partial charge in [-0.3, -0.25) is 19.3 Å². The molecular formula is C22H21N3O3S3. The predicted octanol–water partition coefficient (Wildman–Crippen LogP) is 3.15. The number of thiocarbonyl (C=S) groups is 1. The average molecular weight is 472 g/mol. The van der Waals surface area contributed by atoms with Gasteiger partial charge in [0.1, 0.15) is 4.32 Å². The molecule has 2 bridgehead atoms. The molecule has 0 aliphatic carbocycles. The van der Waals surface area contributed by atoms with Crippen molar-refractivity contribution in [3.63, 3.8) is 0 Å². The van der Waals surface area contributed by atoms with Crippen LogP contribution < -0.4 is 5.56 Å². The van der Waals surface area contributed by atoms with Gasteiger partial charge in [-0.25, -0.2) is 0 Å². The summed E-state index contributed by atoms with van der Waals surface area (Å²) in [5.41, 5.74) is 1.06. The molecule has 2 amide bonds. The quantitative estimate of drug-likeness (QED) is 0.506. The van der Waals surface area contributed by atoms with Crippen molar-refractivity contribution in [2.75, 3.05) is 19.6 Å². The lowest BCUT2D eigenvalue weighted by Crippen LogP contribution is -2.49. The van der Waals surface area contributed by atoms with Crippen LogP contribution in [-0.4, -0.2) is 50.1 Å². The lowest BCUT2D eigenvalue weighted by molar-refractivity contribution is -0.134. The monoisotopic (exact) mass is 471 g/mol. The number of carbonyl (C=O) groups is 2. The number of amides is 2. The van der Waals surface area contributed by atoms with Gasteiger partial charge in [0.05, 0.1) is 4.91 Å². The molecule has 2 saturated heterocycles. The van der Waals surface area contributed by atoms with E-state index in [1.807, 2.05) is 39.1 Å². The van der Waals surface area contributed by atoms with E-state index in [2.05, 4.69) is 0 Å². The van der Waals surface area contributed by atoms with E-state index in [9.17, 15) is 14.4 Å². The molecule has 5 rings (SSSR count). The first-order chi connectivity index (χ1) is 15.0. The fourth-order valence-corrected chi connectivity index (χ4v) is 6.69. The van der Waals surface area contributed by atoms with Crippen LogP contribution in [0.1, 0.15) is 29.3 Å². The van der Waals surface area contributed by atoms with Gasteiger partial charge in [-0.2, -0.15) is 0 Å². The number of thioether (sulfide) groups is 1. The Labute approximate surface area is 193 Å². The third kappa shape index (κ3) is 4.02. The summed E-state index contributed by atoms with van der Waals surface area (Å²) < 4.78 is 2.37. The van der Waals surface area contributed by atoms with Crippen LogP contribution in [0.3, 0.4) is 0 Å². The fourth-order valence-electron chi connectivity index (χ4n) is 4.66. The highest BCUT2D eigenvalue weighted by Gasteiger charge is 2.37. The summed E-state index contributed by atoms with van der Waals surface area (Å²) in [6.45, 7) is 2.24. The van der Waals surface area contributed by atoms with E-state index in [1.54, 1.807) is 23.5 Å². The van der Waals surface area contributed by atoms with Crippen molar-refractivity contribution in [3.05, 3.63) is 61.5 Å². The van der Waals surface area contributed by atoms with Crippen molar-refractivity contribution in [1.82, 2.24) is 14.4 Å². The molecule has 0 saturated carbocycles. The van der Waals surface area contributed by atoms with Crippen LogP contribution in [-0.2, 0) is 16.1 Å². The van der Waals surface area contributed by atoms with E-state index >= 15 is 0 Å². The van der Waals surface area contributed by atoms with Crippen LogP contribution in [0.25, 0.3) is 6.08 Å². The molecule has 31 heavy (non-hydrogen) atoms. The van der Waals surface area contributed by atoms with Crippen LogP contribution in [0, 0.1) is 5.92 Å². The smallest absolute Gasteiger partial charge is 0.266 e. The molecule has 3 aliphatic heterocycles. The number of carbonyl (C=O) groups excluding carboxylic acids is 2. The number of hydrogen-bond donors (Lipinski definition) is 0. The zero-order valence-electron chi connectivity index (χ0n) is 16.7. The summed E-state index contributed by atoms with van der Waals surface area (Å²) in [7, 11) is 0. The third-order valence-corrected chi connectivity index (χ3v) is 8.27. The normalized spacial score (nSPS) is 24.1. The van der Waals surface area contributed by atoms with Crippen molar-refractivity contribution in [1.29, 1.82) is 0 Å². The summed E-state index contributed by atoms with van der Waals surface area (Å²) in [5, 5.41) is 1.97. The third-order valence-electron chi connectivity index (χ3n) is 6.07. The Morgan fingerprint density at radius 3 is 2.84 bits per heavy atom. The molecule has 6 nitrogen and oxygen atoms in total. The number of pyridine rings is 1. The van der Waals surface area contributed by atoms with Gasteiger partial charge in [-0.1, -0.05) is 36.1 Å². The number of aromatic nitrogens is 1. The lowest BCUT2D eigenvalue weighted by Gasteiger charge is -2.42. The Kier molecular flexibility index (Phi) is 5.58. The molecule has 2 aromatic rings. The maximum Gasteiger partial charge on any atom is 0.266 e. The minimum Gasteiger partial charge on any atom is -0.342 e. The minimum atomic E-state index is -0.125. The maximum absolute atomic E-state index is 13.0. The van der Waals surface area contributed by atoms with Gasteiger partial charge in [0.15, 0.2) is 0 Å². The van der Waals surface area contributed by atoms with E-state index in [4.69, 9.17) is 12.2 Å². The molecular weight excluding hydrogens is 450 g/mol. The molecule has 9 heteroatoms. The zero-order chi connectivity index (χ0) is 21.5. The van der Waals surface area contributed by atoms with Gasteiger partial charge < -0.3 is 9.47 Å². The number of fused-ring (bicyclic) bond motifs is 4. The minimum absolute atomic E-state index is 0.0388. The largest absolute Gasteiger partial charge is 0.342 e. The van der Waals surface area contributed by atoms with Gasteiger partial charge >= 0.3 is 0 Å². The first-order valence-electron chi connectivity index (χ1n) is 10.3. The van der Waals surface area contributed by atoms with Crippen molar-refractivity contribution in [2.45, 2.75) is 25.3 Å². The van der Waals surface area contributed by atoms with Gasteiger partial charge in [-0.15, -0.1) is 11.3 Å². The summed E-state index contributed by atoms with van der Waals surface area (Å²) >= 11 is 8.26. The van der Waals surface area contributed by atoms with E-state index in [0.717, 1.165) is 17.0 Å². The maximum atomic E-state index is 13.0. The molecule has 0 radical (unpaired) electrons. The van der Waals surface area contributed by atoms with E-state index < -0.39 is 0 Å². The number of likely N-dealkylation sites (tertiary alicyclic amines) is 1. The Hall–Kier alpha value is -2.23. The van der Waals surface area contributed by atoms with E-state index in [-0.39, 0.29) is 29.7 Å². The highest BCUT2D eigenvalue weighted by Crippen LogP contribution is 2.36. The zero-order valence-corrected chi connectivity index (χ0v) is 19.2. The van der Waals surface area contributed by atoms with Crippen molar-refractivity contribution in [2.24, 2.45) is 5.92 Å². The molecule has 2 atom stereocenters. The Morgan fingerprint density at radius 2 is 2.03 bits per heavy atom. The second kappa shape index (κ2) is 8.37. The summed E-state index contributed by atoms with van der Waals surface area (Å²) in [5.74, 6) is 0.397. The second-order valence-electron chi connectivity index (χ2n) is 8.10. The highest BCUT2D eigenvalue weighted by molar-refractivity contribution is 8.26. The average Bonchev–Trinajstić information content (AvgIpc) is 3.35. The topological polar surface area (TPSA) is 62.6 Å². The summed E-state index contributed by atoms with van der Waals surface area (Å²) in [6, 6.07) is 9.30. The van der Waals surface area contributed by atoms with Crippen LogP contribution in [0.2, 0.25) is 0 Å². The van der Waals surface area contributed by atoms with Crippen molar-refractivity contribution < 1.29 is 9.59 Å². The Bertz CT molecular complexity index is 1140. The van der Waals surface area contributed by atoms with Gasteiger partial charge in [0.2, 0.25) is 5.91 Å². The van der Waals surface area contributed by atoms with Crippen LogP contribution >= 0.6 is 35.3 Å². The second-order valence-corrected chi connectivity index (χ2v) is 10.8. The predicted molar refractivity (Wildman–Crippen MR) is 127 cm³/mol. The van der Waals surface area contributed by atoms with Crippen molar-refractivity contribution in [3.8, 4) is 0 Å². The number of piperidine rings is 1. The number of thiophene rings is 1. The first kappa shape index (κ1) is 20.7. The SMILES string of the molecule is O=C(CCN1C(=O)/C(=C\c2cccs2)SC1=S)N1C[C@@H]2C[C@H](C1)c1cccc(=O)n1C2. The van der Waals surface area contributed by atoms with E-state index in [0.29, 0.717) is 41.3 Å². The molecule has 0 unspecified atom stereocenters. The number of nitrogens with zero attached hydrogens (tertiary/aromatic N) is 3. The van der Waals surface area contributed by atoms with Crippen LogP contribution in [0.5, 0.6) is 0 Å². The van der Waals surface area contributed by atoms with Crippen molar-refractivity contribution >= 4 is 57.5 Å². The van der Waals surface area contributed by atoms with Gasteiger partial charge in [-0.05, 0) is 35.9 Å². The molecule has 3 aliphatic rings. The Balaban J connectivity index is 1.23. The fraction of sp³-hybridized carbons (Fsp3) is 0.364. The Morgan fingerprint density at radius 1 is 1.16 bits per heavy atom. The molecule has 0 aromatic carbocycles. The van der Waals surface area contributed by atoms with Crippen LogP contribution in [0.4, 0.5) is 0 Å². The van der Waals surface area contributed by atoms with Crippen LogP contribution in [0.15, 0.2) is 45.4 Å².